The second-order valence-electron chi connectivity index (χ2n) is 5.55. The van der Waals surface area contributed by atoms with Crippen molar-refractivity contribution in [1.29, 1.82) is 0 Å². The average Bonchev–Trinajstić information content (AvgIpc) is 2.99. The molecule has 1 amide bonds. The summed E-state index contributed by atoms with van der Waals surface area (Å²) < 4.78 is 14.5. The van der Waals surface area contributed by atoms with Gasteiger partial charge >= 0.3 is 0 Å². The number of benzene rings is 2. The first-order valence-corrected chi connectivity index (χ1v) is 7.54. The van der Waals surface area contributed by atoms with Crippen molar-refractivity contribution in [3.05, 3.63) is 71.3 Å². The van der Waals surface area contributed by atoms with Gasteiger partial charge in [0.05, 0.1) is 18.5 Å². The predicted octanol–water partition coefficient (Wildman–Crippen LogP) is 2.77. The van der Waals surface area contributed by atoms with Crippen LogP contribution in [0.15, 0.2) is 48.7 Å². The van der Waals surface area contributed by atoms with Gasteiger partial charge in [0.1, 0.15) is 5.82 Å². The molecule has 0 saturated carbocycles. The minimum Gasteiger partial charge on any atom is -0.504 e. The van der Waals surface area contributed by atoms with E-state index in [1.807, 2.05) is 6.92 Å². The Kier molecular flexibility index (Phi) is 4.49. The molecule has 0 saturated heterocycles. The molecule has 3 N–H and O–H groups in total. The third-order valence-electron chi connectivity index (χ3n) is 3.72. The van der Waals surface area contributed by atoms with Crippen molar-refractivity contribution in [3.8, 4) is 11.4 Å². The number of hydrogen-bond acceptors (Lipinski definition) is 4. The Bertz CT molecular complexity index is 937. The van der Waals surface area contributed by atoms with Crippen LogP contribution in [0.4, 0.5) is 10.1 Å². The third-order valence-corrected chi connectivity index (χ3v) is 3.72. The van der Waals surface area contributed by atoms with Gasteiger partial charge in [0.25, 0.3) is 5.91 Å². The summed E-state index contributed by atoms with van der Waals surface area (Å²) in [5.74, 6) is -1.38. The molecule has 0 spiro atoms. The lowest BCUT2D eigenvalue weighted by atomic mass is 10.1. The number of nitrogens with zero attached hydrogens (tertiary/aromatic N) is 2. The largest absolute Gasteiger partial charge is 0.504 e. The zero-order valence-corrected chi connectivity index (χ0v) is 13.4. The normalized spacial score (nSPS) is 10.7. The minimum atomic E-state index is -0.606. The van der Waals surface area contributed by atoms with Crippen molar-refractivity contribution < 1.29 is 19.4 Å². The fraction of sp³-hybridized carbons (Fsp3) is 0.111. The smallest absolute Gasteiger partial charge is 0.280 e. The highest BCUT2D eigenvalue weighted by molar-refractivity contribution is 6.05. The van der Waals surface area contributed by atoms with Gasteiger partial charge in [-0.1, -0.05) is 18.2 Å². The van der Waals surface area contributed by atoms with Crippen molar-refractivity contribution >= 4 is 11.6 Å². The number of aliphatic hydroxyl groups excluding tert-OH is 1. The van der Waals surface area contributed by atoms with Crippen LogP contribution in [-0.4, -0.2) is 25.9 Å². The molecular formula is C18H16FN3O3. The van der Waals surface area contributed by atoms with E-state index in [0.717, 1.165) is 5.56 Å². The van der Waals surface area contributed by atoms with Crippen LogP contribution in [0.2, 0.25) is 0 Å². The molecule has 2 aromatic carbocycles. The molecule has 0 atom stereocenters. The highest BCUT2D eigenvalue weighted by Crippen LogP contribution is 2.22. The summed E-state index contributed by atoms with van der Waals surface area (Å²) in [6.07, 6.45) is 1.24. The average molecular weight is 341 g/mol. The lowest BCUT2D eigenvalue weighted by Gasteiger charge is -2.09. The second kappa shape index (κ2) is 6.74. The van der Waals surface area contributed by atoms with Gasteiger partial charge in [-0.25, -0.2) is 9.07 Å². The van der Waals surface area contributed by atoms with E-state index in [9.17, 15) is 19.4 Å². The quantitative estimate of drug-likeness (QED) is 0.681. The van der Waals surface area contributed by atoms with Crippen molar-refractivity contribution in [2.75, 3.05) is 5.32 Å². The number of rotatable bonds is 4. The topological polar surface area (TPSA) is 87.4 Å². The Morgan fingerprint density at radius 1 is 1.28 bits per heavy atom. The summed E-state index contributed by atoms with van der Waals surface area (Å²) in [6, 6.07) is 10.8. The first-order chi connectivity index (χ1) is 12.0. The summed E-state index contributed by atoms with van der Waals surface area (Å²) in [5, 5.41) is 25.9. The number of halogens is 1. The maximum atomic E-state index is 13.3. The molecule has 128 valence electrons. The van der Waals surface area contributed by atoms with Crippen molar-refractivity contribution in [1.82, 2.24) is 9.78 Å². The van der Waals surface area contributed by atoms with Crippen LogP contribution in [0.25, 0.3) is 5.69 Å². The highest BCUT2D eigenvalue weighted by atomic mass is 19.1. The van der Waals surface area contributed by atoms with Crippen LogP contribution >= 0.6 is 0 Å². The minimum absolute atomic E-state index is 0.150. The third kappa shape index (κ3) is 3.51. The van der Waals surface area contributed by atoms with Gasteiger partial charge in [-0.2, -0.15) is 5.10 Å². The lowest BCUT2D eigenvalue weighted by Crippen LogP contribution is -2.14. The van der Waals surface area contributed by atoms with Gasteiger partial charge in [0.15, 0.2) is 11.4 Å². The highest BCUT2D eigenvalue weighted by Gasteiger charge is 2.18. The molecule has 0 bridgehead atoms. The van der Waals surface area contributed by atoms with Gasteiger partial charge < -0.3 is 15.5 Å². The fourth-order valence-electron chi connectivity index (χ4n) is 2.36. The summed E-state index contributed by atoms with van der Waals surface area (Å²) in [4.78, 5) is 12.4. The lowest BCUT2D eigenvalue weighted by molar-refractivity contribution is 0.101. The summed E-state index contributed by atoms with van der Waals surface area (Å²) in [6.45, 7) is 1.66. The van der Waals surface area contributed by atoms with Gasteiger partial charge in [-0.3, -0.25) is 4.79 Å². The van der Waals surface area contributed by atoms with E-state index in [4.69, 9.17) is 0 Å². The molecule has 1 aromatic heterocycles. The van der Waals surface area contributed by atoms with E-state index in [1.165, 1.54) is 29.1 Å². The van der Waals surface area contributed by atoms with Gasteiger partial charge in [-0.15, -0.1) is 0 Å². The van der Waals surface area contributed by atoms with Crippen LogP contribution < -0.4 is 5.32 Å². The molecule has 0 aliphatic rings. The molecule has 3 aromatic rings. The van der Waals surface area contributed by atoms with Crippen LogP contribution in [-0.2, 0) is 6.61 Å². The number of anilines is 1. The number of aliphatic hydroxyl groups is 1. The summed E-state index contributed by atoms with van der Waals surface area (Å²) >= 11 is 0. The molecule has 0 aliphatic heterocycles. The molecule has 25 heavy (non-hydrogen) atoms. The monoisotopic (exact) mass is 341 g/mol. The number of hydrogen-bond donors (Lipinski definition) is 3. The molecule has 0 radical (unpaired) electrons. The van der Waals surface area contributed by atoms with Gasteiger partial charge in [0.2, 0.25) is 0 Å². The standard InChI is InChI=1S/C18H16FN3O3/c1-11-5-6-12(10-23)7-15(11)20-18(25)17-16(24)9-22(21-17)14-4-2-3-13(19)8-14/h2-9,23-24H,10H2,1H3,(H,20,25). The number of aromatic hydroxyl groups is 1. The summed E-state index contributed by atoms with van der Waals surface area (Å²) in [7, 11) is 0. The molecule has 1 heterocycles. The molecular weight excluding hydrogens is 325 g/mol. The van der Waals surface area contributed by atoms with Crippen molar-refractivity contribution in [3.63, 3.8) is 0 Å². The van der Waals surface area contributed by atoms with E-state index < -0.39 is 11.7 Å². The first kappa shape index (κ1) is 16.7. The molecule has 6 nitrogen and oxygen atoms in total. The van der Waals surface area contributed by atoms with Crippen LogP contribution in [0, 0.1) is 12.7 Å². The van der Waals surface area contributed by atoms with E-state index in [2.05, 4.69) is 10.4 Å². The molecule has 0 aliphatic carbocycles. The maximum Gasteiger partial charge on any atom is 0.280 e. The number of carbonyl (C=O) groups is 1. The Labute approximate surface area is 143 Å². The number of aromatic nitrogens is 2. The predicted molar refractivity (Wildman–Crippen MR) is 90.2 cm³/mol. The molecule has 7 heteroatoms. The number of nitrogens with one attached hydrogen (secondary N) is 1. The van der Waals surface area contributed by atoms with Crippen molar-refractivity contribution in [2.24, 2.45) is 0 Å². The molecule has 0 fully saturated rings. The van der Waals surface area contributed by atoms with Crippen LogP contribution in [0.5, 0.6) is 5.75 Å². The summed E-state index contributed by atoms with van der Waals surface area (Å²) in [5.41, 5.74) is 2.16. The van der Waals surface area contributed by atoms with Crippen LogP contribution in [0.3, 0.4) is 0 Å². The van der Waals surface area contributed by atoms with Crippen LogP contribution in [0.1, 0.15) is 21.6 Å². The van der Waals surface area contributed by atoms with E-state index in [1.54, 1.807) is 24.3 Å². The Hall–Kier alpha value is -3.19. The second-order valence-corrected chi connectivity index (χ2v) is 5.55. The Balaban J connectivity index is 1.88. The van der Waals surface area contributed by atoms with Gasteiger partial charge in [-0.05, 0) is 42.3 Å². The van der Waals surface area contributed by atoms with E-state index in [-0.39, 0.29) is 18.1 Å². The zero-order chi connectivity index (χ0) is 18.0. The molecule has 0 unspecified atom stereocenters. The first-order valence-electron chi connectivity index (χ1n) is 7.54. The maximum absolute atomic E-state index is 13.3. The SMILES string of the molecule is Cc1ccc(CO)cc1NC(=O)c1nn(-c2cccc(F)c2)cc1O. The Morgan fingerprint density at radius 3 is 2.80 bits per heavy atom. The van der Waals surface area contributed by atoms with Crippen molar-refractivity contribution in [2.45, 2.75) is 13.5 Å². The Morgan fingerprint density at radius 2 is 2.08 bits per heavy atom. The number of aryl methyl sites for hydroxylation is 1. The van der Waals surface area contributed by atoms with Gasteiger partial charge in [0, 0.05) is 5.69 Å². The number of carbonyl (C=O) groups excluding carboxylic acids is 1. The fourth-order valence-corrected chi connectivity index (χ4v) is 2.36. The van der Waals surface area contributed by atoms with E-state index >= 15 is 0 Å². The molecule has 3 rings (SSSR count). The zero-order valence-electron chi connectivity index (χ0n) is 13.4. The van der Waals surface area contributed by atoms with E-state index in [0.29, 0.717) is 16.9 Å². The number of amides is 1.